The molecule has 22 heavy (non-hydrogen) atoms. The van der Waals surface area contributed by atoms with Gasteiger partial charge in [-0.25, -0.2) is 0 Å². The highest BCUT2D eigenvalue weighted by molar-refractivity contribution is 6.17. The lowest BCUT2D eigenvalue weighted by Gasteiger charge is -2.23. The maximum absolute atomic E-state index is 10.5. The molecule has 4 rings (SSSR count). The van der Waals surface area contributed by atoms with Gasteiger partial charge in [-0.05, 0) is 17.7 Å². The summed E-state index contributed by atoms with van der Waals surface area (Å²) in [5.41, 5.74) is 3.26. The zero-order chi connectivity index (χ0) is 14.2. The first-order valence-electron chi connectivity index (χ1n) is 7.26. The average molecular weight is 315 g/mol. The van der Waals surface area contributed by atoms with Gasteiger partial charge < -0.3 is 27.3 Å². The van der Waals surface area contributed by atoms with Crippen molar-refractivity contribution in [3.8, 4) is 0 Å². The molecule has 2 aliphatic heterocycles. The lowest BCUT2D eigenvalue weighted by molar-refractivity contribution is -0.00000575. The van der Waals surface area contributed by atoms with Gasteiger partial charge in [-0.15, -0.1) is 0 Å². The molecule has 0 aromatic heterocycles. The molecule has 0 saturated carbocycles. The molecule has 4 nitrogen and oxygen atoms in total. The zero-order valence-electron chi connectivity index (χ0n) is 12.1. The van der Waals surface area contributed by atoms with Crippen LogP contribution in [0.1, 0.15) is 11.7 Å². The van der Waals surface area contributed by atoms with Crippen molar-refractivity contribution in [2.24, 2.45) is 4.99 Å². The highest BCUT2D eigenvalue weighted by Crippen LogP contribution is 2.39. The summed E-state index contributed by atoms with van der Waals surface area (Å²) in [4.78, 5) is 8.95. The Morgan fingerprint density at radius 2 is 1.68 bits per heavy atom. The van der Waals surface area contributed by atoms with E-state index >= 15 is 0 Å². The third-order valence-electron chi connectivity index (χ3n) is 4.06. The van der Waals surface area contributed by atoms with Crippen LogP contribution in [0.3, 0.4) is 0 Å². The molecule has 0 spiro atoms. The van der Waals surface area contributed by atoms with Gasteiger partial charge in [0.1, 0.15) is 0 Å². The monoisotopic (exact) mass is 314 g/mol. The molecular weight excluding hydrogens is 298 g/mol. The standard InChI is InChI=1S/C17H17N3O.ClH/c21-16(13-6-2-1-3-7-13)12-20-15-9-5-4-8-14(15)19-11-10-18-17(19)20;/h1-9,16,21H,10-12H2;1H/p-1. The number of para-hydroxylation sites is 2. The zero-order valence-corrected chi connectivity index (χ0v) is 12.8. The van der Waals surface area contributed by atoms with Crippen molar-refractivity contribution >= 4 is 17.3 Å². The molecule has 1 atom stereocenters. The van der Waals surface area contributed by atoms with Crippen molar-refractivity contribution in [1.29, 1.82) is 0 Å². The van der Waals surface area contributed by atoms with Crippen LogP contribution < -0.4 is 22.2 Å². The third kappa shape index (κ3) is 2.34. The topological polar surface area (TPSA) is 39.1 Å². The molecule has 0 amide bonds. The molecule has 0 radical (unpaired) electrons. The second-order valence-electron chi connectivity index (χ2n) is 5.36. The Balaban J connectivity index is 0.00000144. The van der Waals surface area contributed by atoms with Crippen LogP contribution in [0, 0.1) is 0 Å². The first kappa shape index (κ1) is 14.9. The average Bonchev–Trinajstić information content (AvgIpc) is 3.11. The van der Waals surface area contributed by atoms with Gasteiger partial charge in [0.15, 0.2) is 0 Å². The summed E-state index contributed by atoms with van der Waals surface area (Å²) in [7, 11) is 0. The summed E-state index contributed by atoms with van der Waals surface area (Å²) in [6.45, 7) is 2.27. The van der Waals surface area contributed by atoms with Crippen molar-refractivity contribution in [1.82, 2.24) is 0 Å². The normalized spacial score (nSPS) is 16.7. The number of aliphatic hydroxyl groups is 1. The van der Waals surface area contributed by atoms with Crippen LogP contribution in [0.4, 0.5) is 11.4 Å². The van der Waals surface area contributed by atoms with Crippen LogP contribution in [0.5, 0.6) is 0 Å². The first-order valence-corrected chi connectivity index (χ1v) is 7.26. The van der Waals surface area contributed by atoms with Crippen LogP contribution in [-0.4, -0.2) is 30.7 Å². The van der Waals surface area contributed by atoms with E-state index in [-0.39, 0.29) is 12.4 Å². The number of aliphatic hydroxyl groups excluding tert-OH is 1. The molecule has 2 aliphatic rings. The Labute approximate surface area is 136 Å². The van der Waals surface area contributed by atoms with Crippen molar-refractivity contribution in [3.05, 3.63) is 60.2 Å². The number of halogens is 1. The largest absolute Gasteiger partial charge is 1.00 e. The maximum atomic E-state index is 10.5. The number of nitrogens with zero attached hydrogens (tertiary/aromatic N) is 3. The van der Waals surface area contributed by atoms with Gasteiger partial charge >= 0.3 is 0 Å². The van der Waals surface area contributed by atoms with Crippen LogP contribution in [0.25, 0.3) is 0 Å². The molecule has 0 bridgehead atoms. The van der Waals surface area contributed by atoms with E-state index in [1.165, 1.54) is 5.69 Å². The number of benzene rings is 2. The second-order valence-corrected chi connectivity index (χ2v) is 5.36. The minimum Gasteiger partial charge on any atom is -1.00 e. The smallest absolute Gasteiger partial charge is 0.206 e. The first-order chi connectivity index (χ1) is 10.3. The maximum Gasteiger partial charge on any atom is 0.206 e. The van der Waals surface area contributed by atoms with Crippen molar-refractivity contribution in [2.75, 3.05) is 29.4 Å². The fourth-order valence-corrected chi connectivity index (χ4v) is 3.06. The number of hydrogen-bond acceptors (Lipinski definition) is 4. The molecule has 2 aromatic rings. The number of β-amino-alcohol motifs (C(OH)–C–C–N with tert-alkyl or cyclic N) is 1. The minimum absolute atomic E-state index is 0. The predicted molar refractivity (Wildman–Crippen MR) is 84.8 cm³/mol. The molecule has 1 N–H and O–H groups in total. The highest BCUT2D eigenvalue weighted by Gasteiger charge is 2.35. The molecule has 2 aromatic carbocycles. The summed E-state index contributed by atoms with van der Waals surface area (Å²) in [6.07, 6.45) is -0.525. The van der Waals surface area contributed by atoms with E-state index in [1.54, 1.807) is 0 Å². The van der Waals surface area contributed by atoms with Gasteiger partial charge in [-0.3, -0.25) is 4.99 Å². The molecule has 5 heteroatoms. The fourth-order valence-electron chi connectivity index (χ4n) is 3.06. The predicted octanol–water partition coefficient (Wildman–Crippen LogP) is -0.580. The lowest BCUT2D eigenvalue weighted by Crippen LogP contribution is -3.00. The van der Waals surface area contributed by atoms with E-state index in [2.05, 4.69) is 26.9 Å². The van der Waals surface area contributed by atoms with E-state index < -0.39 is 6.10 Å². The Morgan fingerprint density at radius 3 is 2.45 bits per heavy atom. The lowest BCUT2D eigenvalue weighted by atomic mass is 10.1. The van der Waals surface area contributed by atoms with Gasteiger partial charge in [0.2, 0.25) is 5.96 Å². The third-order valence-corrected chi connectivity index (χ3v) is 4.06. The number of fused-ring (bicyclic) bond motifs is 3. The van der Waals surface area contributed by atoms with Gasteiger partial charge in [0, 0.05) is 6.54 Å². The molecule has 0 aliphatic carbocycles. The summed E-state index contributed by atoms with van der Waals surface area (Å²) < 4.78 is 0. The van der Waals surface area contributed by atoms with Crippen molar-refractivity contribution in [3.63, 3.8) is 0 Å². The van der Waals surface area contributed by atoms with Gasteiger partial charge in [0.25, 0.3) is 0 Å². The molecule has 0 fully saturated rings. The SMILES string of the molecule is OC(CN1C2=NCCN2c2ccccc21)c1ccccc1.[Cl-]. The summed E-state index contributed by atoms with van der Waals surface area (Å²) >= 11 is 0. The Morgan fingerprint density at radius 1 is 1.00 bits per heavy atom. The second kappa shape index (κ2) is 5.99. The number of rotatable bonds is 3. The van der Waals surface area contributed by atoms with Gasteiger partial charge in [-0.2, -0.15) is 0 Å². The molecule has 1 unspecified atom stereocenters. The van der Waals surface area contributed by atoms with E-state index in [0.29, 0.717) is 6.54 Å². The van der Waals surface area contributed by atoms with Gasteiger partial charge in [0.05, 0.1) is 30.6 Å². The Bertz CT molecular complexity index is 689. The minimum atomic E-state index is -0.525. The molecular formula is C17H17ClN3O-. The fraction of sp³-hybridized carbons (Fsp3) is 0.235. The van der Waals surface area contributed by atoms with E-state index in [0.717, 1.165) is 30.3 Å². The van der Waals surface area contributed by atoms with Crippen molar-refractivity contribution < 1.29 is 17.5 Å². The quantitative estimate of drug-likeness (QED) is 0.824. The Kier molecular flexibility index (Phi) is 4.05. The van der Waals surface area contributed by atoms with Crippen LogP contribution in [0.15, 0.2) is 59.6 Å². The van der Waals surface area contributed by atoms with E-state index in [1.807, 2.05) is 42.5 Å². The summed E-state index contributed by atoms with van der Waals surface area (Å²) in [5, 5.41) is 10.5. The van der Waals surface area contributed by atoms with E-state index in [9.17, 15) is 5.11 Å². The summed E-state index contributed by atoms with van der Waals surface area (Å²) in [5.74, 6) is 0.964. The van der Waals surface area contributed by atoms with Crippen LogP contribution in [-0.2, 0) is 0 Å². The number of aliphatic imine (C=N–C) groups is 1. The summed E-state index contributed by atoms with van der Waals surface area (Å²) in [6, 6.07) is 18.1. The number of guanidine groups is 1. The van der Waals surface area contributed by atoms with Crippen LogP contribution >= 0.6 is 0 Å². The highest BCUT2D eigenvalue weighted by atomic mass is 35.5. The molecule has 2 heterocycles. The molecule has 114 valence electrons. The van der Waals surface area contributed by atoms with Crippen molar-refractivity contribution in [2.45, 2.75) is 6.10 Å². The number of anilines is 2. The van der Waals surface area contributed by atoms with Crippen LogP contribution in [0.2, 0.25) is 0 Å². The number of hydrogen-bond donors (Lipinski definition) is 1. The van der Waals surface area contributed by atoms with E-state index in [4.69, 9.17) is 0 Å². The molecule has 0 saturated heterocycles. The van der Waals surface area contributed by atoms with Gasteiger partial charge in [-0.1, -0.05) is 42.5 Å². The Hall–Kier alpha value is -2.04.